The minimum absolute atomic E-state index is 0.0239. The molecule has 1 aliphatic heterocycles. The van der Waals surface area contributed by atoms with Crippen LogP contribution in [-0.4, -0.2) is 35.6 Å². The molecule has 214 valence electrons. The van der Waals surface area contributed by atoms with Crippen molar-refractivity contribution in [3.05, 3.63) is 144 Å². The van der Waals surface area contributed by atoms with Crippen molar-refractivity contribution in [1.82, 2.24) is 4.90 Å². The van der Waals surface area contributed by atoms with Gasteiger partial charge in [0.25, 0.3) is 0 Å². The first-order chi connectivity index (χ1) is 20.7. The van der Waals surface area contributed by atoms with E-state index in [-0.39, 0.29) is 23.5 Å². The second-order valence-corrected chi connectivity index (χ2v) is 12.7. The molecule has 1 heterocycles. The van der Waals surface area contributed by atoms with Gasteiger partial charge < -0.3 is 4.74 Å². The number of hydrogen-bond donors (Lipinski definition) is 0. The Labute approximate surface area is 250 Å². The Morgan fingerprint density at radius 1 is 0.619 bits per heavy atom. The molecule has 4 fully saturated rings. The maximum atomic E-state index is 14.4. The van der Waals surface area contributed by atoms with Gasteiger partial charge in [0.15, 0.2) is 0 Å². The van der Waals surface area contributed by atoms with Crippen LogP contribution in [-0.2, 0) is 9.53 Å². The highest BCUT2D eigenvalue weighted by Gasteiger charge is 2.59. The lowest BCUT2D eigenvalue weighted by Crippen LogP contribution is -2.64. The molecule has 4 aromatic carbocycles. The van der Waals surface area contributed by atoms with Crippen molar-refractivity contribution < 1.29 is 9.53 Å². The third kappa shape index (κ3) is 5.20. The van der Waals surface area contributed by atoms with E-state index < -0.39 is 5.92 Å². The summed E-state index contributed by atoms with van der Waals surface area (Å²) in [5, 5.41) is 0. The molecule has 0 spiro atoms. The highest BCUT2D eigenvalue weighted by Crippen LogP contribution is 2.61. The van der Waals surface area contributed by atoms with Crippen molar-refractivity contribution in [3.8, 4) is 0 Å². The number of carbonyl (C=O) groups is 1. The molecule has 3 nitrogen and oxygen atoms in total. The Balaban J connectivity index is 1.31. The molecule has 0 radical (unpaired) electrons. The van der Waals surface area contributed by atoms with Crippen LogP contribution in [0.25, 0.3) is 0 Å². The van der Waals surface area contributed by atoms with E-state index in [2.05, 4.69) is 89.8 Å². The standard InChI is InChI=1S/C39H41NO2/c41-38(36(31-20-10-3-11-21-31)32-22-12-4-13-23-32)42-35-28-39(40-24-14-5-15-25-40)26-33(29-16-6-1-7-17-29)37(35)34(27-39)30-18-8-2-9-19-30/h1-4,6-13,16-23,33-37H,5,14-15,24-28H2/t33-,34-,35+,37?,39?/m0/s1. The first kappa shape index (κ1) is 27.2. The van der Waals surface area contributed by atoms with E-state index in [1.165, 1.54) is 30.4 Å². The molecule has 1 saturated heterocycles. The predicted molar refractivity (Wildman–Crippen MR) is 168 cm³/mol. The predicted octanol–water partition coefficient (Wildman–Crippen LogP) is 8.34. The average molecular weight is 556 g/mol. The minimum Gasteiger partial charge on any atom is -0.461 e. The number of piperidine rings is 1. The molecule has 4 aliphatic rings. The Kier molecular flexibility index (Phi) is 7.69. The van der Waals surface area contributed by atoms with E-state index >= 15 is 0 Å². The summed E-state index contributed by atoms with van der Waals surface area (Å²) in [5.74, 6) is 0.343. The molecule has 3 saturated carbocycles. The third-order valence-corrected chi connectivity index (χ3v) is 10.4. The van der Waals surface area contributed by atoms with Gasteiger partial charge in [-0.05, 0) is 72.9 Å². The smallest absolute Gasteiger partial charge is 0.318 e. The van der Waals surface area contributed by atoms with Crippen LogP contribution >= 0.6 is 0 Å². The first-order valence-electron chi connectivity index (χ1n) is 15.9. The maximum absolute atomic E-state index is 14.4. The zero-order valence-electron chi connectivity index (χ0n) is 24.4. The monoisotopic (exact) mass is 555 g/mol. The molecule has 42 heavy (non-hydrogen) atoms. The van der Waals surface area contributed by atoms with Crippen LogP contribution in [0.15, 0.2) is 121 Å². The topological polar surface area (TPSA) is 29.5 Å². The fourth-order valence-corrected chi connectivity index (χ4v) is 8.58. The second-order valence-electron chi connectivity index (χ2n) is 12.7. The number of likely N-dealkylation sites (tertiary alicyclic amines) is 1. The van der Waals surface area contributed by atoms with E-state index in [1.54, 1.807) is 0 Å². The molecule has 0 unspecified atom stereocenters. The van der Waals surface area contributed by atoms with Gasteiger partial charge in [-0.1, -0.05) is 128 Å². The zero-order chi connectivity index (χ0) is 28.4. The normalized spacial score (nSPS) is 27.5. The number of benzene rings is 4. The Hall–Kier alpha value is -3.69. The van der Waals surface area contributed by atoms with Gasteiger partial charge in [-0.3, -0.25) is 9.69 Å². The molecule has 0 N–H and O–H groups in total. The van der Waals surface area contributed by atoms with Gasteiger partial charge in [0, 0.05) is 17.9 Å². The number of nitrogens with zero attached hydrogens (tertiary/aromatic N) is 1. The molecule has 3 atom stereocenters. The van der Waals surface area contributed by atoms with Gasteiger partial charge in [-0.25, -0.2) is 0 Å². The largest absolute Gasteiger partial charge is 0.461 e. The van der Waals surface area contributed by atoms with Gasteiger partial charge in [0.05, 0.1) is 0 Å². The van der Waals surface area contributed by atoms with Gasteiger partial charge in [0.2, 0.25) is 0 Å². The molecule has 3 heteroatoms. The summed E-state index contributed by atoms with van der Waals surface area (Å²) in [7, 11) is 0. The van der Waals surface area contributed by atoms with E-state index in [0.29, 0.717) is 11.8 Å². The van der Waals surface area contributed by atoms with Crippen LogP contribution in [0.5, 0.6) is 0 Å². The van der Waals surface area contributed by atoms with Crippen molar-refractivity contribution in [2.24, 2.45) is 5.92 Å². The third-order valence-electron chi connectivity index (χ3n) is 10.4. The summed E-state index contributed by atoms with van der Waals surface area (Å²) < 4.78 is 6.85. The van der Waals surface area contributed by atoms with Gasteiger partial charge in [-0.2, -0.15) is 0 Å². The SMILES string of the molecule is O=C(O[C@@H]1CC2(N3CCCCC3)C[C@@H](c3ccccc3)C1[C@H](c1ccccc1)C2)C(c1ccccc1)c1ccccc1. The van der Waals surface area contributed by atoms with Gasteiger partial charge >= 0.3 is 5.97 Å². The number of rotatable bonds is 7. The highest BCUT2D eigenvalue weighted by atomic mass is 16.5. The van der Waals surface area contributed by atoms with Crippen LogP contribution in [0.4, 0.5) is 0 Å². The minimum atomic E-state index is -0.441. The van der Waals surface area contributed by atoms with Crippen molar-refractivity contribution in [1.29, 1.82) is 0 Å². The van der Waals surface area contributed by atoms with Crippen molar-refractivity contribution in [2.75, 3.05) is 13.1 Å². The van der Waals surface area contributed by atoms with Crippen LogP contribution < -0.4 is 0 Å². The zero-order valence-corrected chi connectivity index (χ0v) is 24.4. The summed E-state index contributed by atoms with van der Waals surface area (Å²) in [6.45, 7) is 2.29. The molecule has 3 aliphatic carbocycles. The Morgan fingerprint density at radius 2 is 1.07 bits per heavy atom. The average Bonchev–Trinajstić information content (AvgIpc) is 3.07. The van der Waals surface area contributed by atoms with Crippen molar-refractivity contribution in [3.63, 3.8) is 0 Å². The van der Waals surface area contributed by atoms with Crippen LogP contribution in [0, 0.1) is 5.92 Å². The number of fused-ring (bicyclic) bond motifs is 3. The molecule has 4 aromatic rings. The van der Waals surface area contributed by atoms with E-state index in [0.717, 1.165) is 43.5 Å². The fraction of sp³-hybridized carbons (Fsp3) is 0.359. The number of hydrogen-bond acceptors (Lipinski definition) is 3. The summed E-state index contributed by atoms with van der Waals surface area (Å²) in [5.41, 5.74) is 4.76. The first-order valence-corrected chi connectivity index (χ1v) is 15.9. The number of ether oxygens (including phenoxy) is 1. The van der Waals surface area contributed by atoms with Crippen LogP contribution in [0.3, 0.4) is 0 Å². The van der Waals surface area contributed by atoms with Gasteiger partial charge in [0.1, 0.15) is 12.0 Å². The fourth-order valence-electron chi connectivity index (χ4n) is 8.58. The molecule has 2 bridgehead atoms. The molecule has 0 aromatic heterocycles. The van der Waals surface area contributed by atoms with Crippen LogP contribution in [0.2, 0.25) is 0 Å². The molecule has 8 rings (SSSR count). The Morgan fingerprint density at radius 3 is 1.55 bits per heavy atom. The summed E-state index contributed by atoms with van der Waals surface area (Å²) in [6, 6.07) is 42.4. The van der Waals surface area contributed by atoms with Crippen molar-refractivity contribution in [2.45, 2.75) is 67.9 Å². The molecule has 0 amide bonds. The maximum Gasteiger partial charge on any atom is 0.318 e. The van der Waals surface area contributed by atoms with Gasteiger partial charge in [-0.15, -0.1) is 0 Å². The van der Waals surface area contributed by atoms with E-state index in [1.807, 2.05) is 36.4 Å². The number of esters is 1. The van der Waals surface area contributed by atoms with E-state index in [9.17, 15) is 4.79 Å². The quantitative estimate of drug-likeness (QED) is 0.215. The lowest BCUT2D eigenvalue weighted by Gasteiger charge is -2.62. The Bertz CT molecular complexity index is 1360. The van der Waals surface area contributed by atoms with Crippen LogP contribution in [0.1, 0.15) is 78.5 Å². The highest BCUT2D eigenvalue weighted by molar-refractivity contribution is 5.82. The lowest BCUT2D eigenvalue weighted by atomic mass is 9.51. The summed E-state index contributed by atoms with van der Waals surface area (Å²) in [6.07, 6.45) is 6.88. The lowest BCUT2D eigenvalue weighted by molar-refractivity contribution is -0.170. The molecular weight excluding hydrogens is 514 g/mol. The second kappa shape index (κ2) is 11.9. The summed E-state index contributed by atoms with van der Waals surface area (Å²) >= 11 is 0. The van der Waals surface area contributed by atoms with E-state index in [4.69, 9.17) is 4.74 Å². The summed E-state index contributed by atoms with van der Waals surface area (Å²) in [4.78, 5) is 17.2. The van der Waals surface area contributed by atoms with Crippen molar-refractivity contribution >= 4 is 5.97 Å². The molecular formula is C39H41NO2. The number of carbonyl (C=O) groups excluding carboxylic acids is 1.